The fourth-order valence-electron chi connectivity index (χ4n) is 7.75. The highest BCUT2D eigenvalue weighted by Gasteiger charge is 2.18. The first-order valence-corrected chi connectivity index (χ1v) is 17.1. The van der Waals surface area contributed by atoms with Crippen molar-refractivity contribution in [1.82, 2.24) is 4.57 Å². The van der Waals surface area contributed by atoms with Crippen LogP contribution in [0.15, 0.2) is 192 Å². The summed E-state index contributed by atoms with van der Waals surface area (Å²) in [5.41, 5.74) is 9.79. The lowest BCUT2D eigenvalue weighted by molar-refractivity contribution is 0.663. The molecule has 2 nitrogen and oxygen atoms in total. The molecule has 2 heteroatoms. The Kier molecular flexibility index (Phi) is 6.53. The highest BCUT2D eigenvalue weighted by molar-refractivity contribution is 6.29. The van der Waals surface area contributed by atoms with E-state index >= 15 is 0 Å². The van der Waals surface area contributed by atoms with Crippen LogP contribution < -0.4 is 0 Å². The monoisotopic (exact) mass is 637 g/mol. The van der Waals surface area contributed by atoms with Crippen molar-refractivity contribution in [2.24, 2.45) is 0 Å². The summed E-state index contributed by atoms with van der Waals surface area (Å²) in [7, 11) is 0. The molecule has 0 atom stereocenters. The van der Waals surface area contributed by atoms with Crippen molar-refractivity contribution < 1.29 is 4.42 Å². The molecule has 2 aromatic heterocycles. The molecule has 0 unspecified atom stereocenters. The molecule has 2 heterocycles. The summed E-state index contributed by atoms with van der Waals surface area (Å²) in [5, 5.41) is 9.19. The lowest BCUT2D eigenvalue weighted by Crippen LogP contribution is -1.95. The van der Waals surface area contributed by atoms with Crippen LogP contribution in [0.25, 0.3) is 93.2 Å². The van der Waals surface area contributed by atoms with Gasteiger partial charge in [0.15, 0.2) is 0 Å². The van der Waals surface area contributed by atoms with Crippen LogP contribution in [0, 0.1) is 0 Å². The Morgan fingerprint density at radius 3 is 1.64 bits per heavy atom. The molecule has 0 aliphatic heterocycles. The van der Waals surface area contributed by atoms with Crippen molar-refractivity contribution in [3.8, 4) is 27.9 Å². The zero-order valence-corrected chi connectivity index (χ0v) is 27.3. The van der Waals surface area contributed by atoms with Crippen molar-refractivity contribution >= 4 is 65.3 Å². The van der Waals surface area contributed by atoms with E-state index in [1.54, 1.807) is 0 Å². The van der Waals surface area contributed by atoms with E-state index in [-0.39, 0.29) is 0 Å². The van der Waals surface area contributed by atoms with Gasteiger partial charge in [-0.05, 0) is 74.8 Å². The number of para-hydroxylation sites is 2. The lowest BCUT2D eigenvalue weighted by Gasteiger charge is -2.13. The number of hydrogen-bond donors (Lipinski definition) is 0. The minimum atomic E-state index is 0.827. The smallest absolute Gasteiger partial charge is 0.135 e. The molecule has 0 amide bonds. The van der Waals surface area contributed by atoms with Gasteiger partial charge in [0.05, 0.1) is 11.0 Å². The van der Waals surface area contributed by atoms with Gasteiger partial charge in [0.1, 0.15) is 11.2 Å². The molecular weight excluding hydrogens is 607 g/mol. The average molecular weight is 638 g/mol. The second kappa shape index (κ2) is 11.5. The Morgan fingerprint density at radius 1 is 0.320 bits per heavy atom. The SMILES string of the molecule is c1ccc(-c2cccc(-n3c4ccccc4c4ccc5c6ccccc6c6ccccc6oc6ccc(-c7ccccc7)cc6c5c43)c2)cc1. The van der Waals surface area contributed by atoms with Gasteiger partial charge in [0, 0.05) is 32.6 Å². The van der Waals surface area contributed by atoms with Crippen LogP contribution >= 0.6 is 0 Å². The quantitative estimate of drug-likeness (QED) is 0.188. The van der Waals surface area contributed by atoms with Crippen LogP contribution in [0.4, 0.5) is 0 Å². The fraction of sp³-hybridized carbons (Fsp3) is 0. The molecule has 0 bridgehead atoms. The van der Waals surface area contributed by atoms with Crippen LogP contribution in [0.3, 0.4) is 0 Å². The standard InChI is InChI=1S/C48H31NO/c1-3-14-32(15-4-1)34-18-13-19-36(30-34)49-44-24-11-9-22-39(44)42-28-27-41-38-21-8-7-20-37(38)40-23-10-12-25-45(40)50-46-29-26-35(33-16-5-2-6-17-33)31-43(46)47(41)48(42)49/h1-31H. The highest BCUT2D eigenvalue weighted by Crippen LogP contribution is 2.42. The molecule has 0 fully saturated rings. The molecule has 50 heavy (non-hydrogen) atoms. The molecule has 234 valence electrons. The topological polar surface area (TPSA) is 18.1 Å². The maximum absolute atomic E-state index is 7.00. The summed E-state index contributed by atoms with van der Waals surface area (Å²) >= 11 is 0. The van der Waals surface area contributed by atoms with Crippen LogP contribution in [0.1, 0.15) is 0 Å². The van der Waals surface area contributed by atoms with E-state index in [1.807, 2.05) is 0 Å². The minimum Gasteiger partial charge on any atom is -0.456 e. The van der Waals surface area contributed by atoms with E-state index < -0.39 is 0 Å². The number of benzene rings is 8. The van der Waals surface area contributed by atoms with E-state index in [1.165, 1.54) is 43.8 Å². The number of nitrogens with zero attached hydrogens (tertiary/aromatic N) is 1. The second-order valence-electron chi connectivity index (χ2n) is 12.9. The van der Waals surface area contributed by atoms with Gasteiger partial charge >= 0.3 is 0 Å². The van der Waals surface area contributed by atoms with Crippen molar-refractivity contribution in [1.29, 1.82) is 0 Å². The fourth-order valence-corrected chi connectivity index (χ4v) is 7.75. The van der Waals surface area contributed by atoms with E-state index in [2.05, 4.69) is 193 Å². The van der Waals surface area contributed by atoms with Crippen LogP contribution in [-0.2, 0) is 0 Å². The van der Waals surface area contributed by atoms with Gasteiger partial charge < -0.3 is 8.98 Å². The summed E-state index contributed by atoms with van der Waals surface area (Å²) < 4.78 is 9.46. The van der Waals surface area contributed by atoms with E-state index in [0.717, 1.165) is 49.5 Å². The van der Waals surface area contributed by atoms with Gasteiger partial charge in [-0.3, -0.25) is 0 Å². The molecule has 0 saturated carbocycles. The Labute approximate surface area is 289 Å². The number of rotatable bonds is 3. The first-order valence-electron chi connectivity index (χ1n) is 17.1. The first kappa shape index (κ1) is 28.4. The molecule has 10 aromatic rings. The summed E-state index contributed by atoms with van der Waals surface area (Å²) in [5.74, 6) is 0. The number of hydrogen-bond acceptors (Lipinski definition) is 1. The van der Waals surface area contributed by atoms with E-state index in [4.69, 9.17) is 4.42 Å². The summed E-state index contributed by atoms with van der Waals surface area (Å²) in [4.78, 5) is 0. The minimum absolute atomic E-state index is 0.827. The summed E-state index contributed by atoms with van der Waals surface area (Å²) in [6.45, 7) is 0. The Morgan fingerprint density at radius 2 is 0.880 bits per heavy atom. The summed E-state index contributed by atoms with van der Waals surface area (Å²) in [6.07, 6.45) is 0. The Balaban J connectivity index is 1.49. The van der Waals surface area contributed by atoms with Gasteiger partial charge in [0.2, 0.25) is 0 Å². The van der Waals surface area contributed by atoms with Gasteiger partial charge in [-0.2, -0.15) is 0 Å². The third-order valence-electron chi connectivity index (χ3n) is 10.0. The van der Waals surface area contributed by atoms with Crippen LogP contribution in [-0.4, -0.2) is 4.57 Å². The average Bonchev–Trinajstić information content (AvgIpc) is 3.55. The van der Waals surface area contributed by atoms with Crippen molar-refractivity contribution in [2.45, 2.75) is 0 Å². The lowest BCUT2D eigenvalue weighted by atomic mass is 9.97. The molecule has 0 saturated heterocycles. The summed E-state index contributed by atoms with van der Waals surface area (Å²) in [6, 6.07) is 67.4. The van der Waals surface area contributed by atoms with Crippen LogP contribution in [0.5, 0.6) is 0 Å². The predicted molar refractivity (Wildman–Crippen MR) is 212 cm³/mol. The molecule has 0 spiro atoms. The van der Waals surface area contributed by atoms with Gasteiger partial charge in [-0.25, -0.2) is 0 Å². The Bertz CT molecular complexity index is 2970. The molecule has 0 aliphatic rings. The van der Waals surface area contributed by atoms with E-state index in [0.29, 0.717) is 0 Å². The second-order valence-corrected chi connectivity index (χ2v) is 12.9. The highest BCUT2D eigenvalue weighted by atomic mass is 16.3. The third kappa shape index (κ3) is 4.50. The molecule has 10 rings (SSSR count). The zero-order chi connectivity index (χ0) is 33.0. The molecule has 0 N–H and O–H groups in total. The molecular formula is C48H31NO. The van der Waals surface area contributed by atoms with Crippen molar-refractivity contribution in [3.63, 3.8) is 0 Å². The maximum Gasteiger partial charge on any atom is 0.135 e. The van der Waals surface area contributed by atoms with Crippen molar-refractivity contribution in [3.05, 3.63) is 188 Å². The van der Waals surface area contributed by atoms with Crippen molar-refractivity contribution in [2.75, 3.05) is 0 Å². The molecule has 8 aromatic carbocycles. The molecule has 0 radical (unpaired) electrons. The third-order valence-corrected chi connectivity index (χ3v) is 10.0. The van der Waals surface area contributed by atoms with Gasteiger partial charge in [0.25, 0.3) is 0 Å². The molecule has 0 aliphatic carbocycles. The maximum atomic E-state index is 7.00. The van der Waals surface area contributed by atoms with Gasteiger partial charge in [-0.1, -0.05) is 152 Å². The van der Waals surface area contributed by atoms with E-state index in [9.17, 15) is 0 Å². The Hall–Kier alpha value is -6.64. The predicted octanol–water partition coefficient (Wildman–Crippen LogP) is 13.4. The largest absolute Gasteiger partial charge is 0.456 e. The number of fused-ring (bicyclic) bond motifs is 11. The van der Waals surface area contributed by atoms with Crippen LogP contribution in [0.2, 0.25) is 0 Å². The first-order chi connectivity index (χ1) is 24.8. The normalized spacial score (nSPS) is 11.6. The van der Waals surface area contributed by atoms with Gasteiger partial charge in [-0.15, -0.1) is 0 Å². The number of aromatic nitrogens is 1. The zero-order valence-electron chi connectivity index (χ0n) is 27.3.